The Kier molecular flexibility index (Phi) is 6.59. The summed E-state index contributed by atoms with van der Waals surface area (Å²) in [7, 11) is 1.60. The second-order valence-corrected chi connectivity index (χ2v) is 7.46. The number of ether oxygens (including phenoxy) is 1. The fourth-order valence-electron chi connectivity index (χ4n) is 2.46. The minimum Gasteiger partial charge on any atom is -0.385 e. The molecule has 0 atom stereocenters. The number of benzene rings is 1. The van der Waals surface area contributed by atoms with Crippen LogP contribution in [0.1, 0.15) is 6.42 Å². The van der Waals surface area contributed by atoms with Gasteiger partial charge in [0.2, 0.25) is 5.91 Å². The molecule has 0 bridgehead atoms. The first-order chi connectivity index (χ1) is 13.1. The van der Waals surface area contributed by atoms with E-state index in [9.17, 15) is 14.0 Å². The molecule has 0 fully saturated rings. The van der Waals surface area contributed by atoms with E-state index in [2.05, 4.69) is 10.3 Å². The van der Waals surface area contributed by atoms with Gasteiger partial charge in [0.25, 0.3) is 5.56 Å². The van der Waals surface area contributed by atoms with Crippen molar-refractivity contribution in [3.05, 3.63) is 51.9 Å². The molecule has 27 heavy (non-hydrogen) atoms. The predicted octanol–water partition coefficient (Wildman–Crippen LogP) is 2.83. The van der Waals surface area contributed by atoms with Crippen LogP contribution in [0.25, 0.3) is 15.9 Å². The Labute approximate surface area is 163 Å². The molecule has 1 amide bonds. The number of fused-ring (bicyclic) bond motifs is 1. The standard InChI is InChI=1S/C18H18FN3O3S2/c1-25-9-4-8-20-15(23)11-27-18-21-13-7-10-26-16(13)17(24)22(18)14-6-3-2-5-12(14)19/h2-3,5-7,10H,4,8-9,11H2,1H3,(H,20,23). The molecule has 0 spiro atoms. The van der Waals surface area contributed by atoms with Crippen LogP contribution in [-0.4, -0.2) is 41.5 Å². The Bertz CT molecular complexity index is 1000. The minimum absolute atomic E-state index is 0.0729. The highest BCUT2D eigenvalue weighted by Gasteiger charge is 2.17. The summed E-state index contributed by atoms with van der Waals surface area (Å²) in [6.07, 6.45) is 0.714. The smallest absolute Gasteiger partial charge is 0.276 e. The number of carbonyl (C=O) groups excluding carboxylic acids is 1. The normalized spacial score (nSPS) is 11.0. The van der Waals surface area contributed by atoms with E-state index in [4.69, 9.17) is 4.74 Å². The first-order valence-electron chi connectivity index (χ1n) is 8.25. The summed E-state index contributed by atoms with van der Waals surface area (Å²) in [6, 6.07) is 7.76. The van der Waals surface area contributed by atoms with Crippen LogP contribution in [0.4, 0.5) is 4.39 Å². The average Bonchev–Trinajstić information content (AvgIpc) is 3.13. The lowest BCUT2D eigenvalue weighted by Gasteiger charge is -2.12. The molecule has 0 unspecified atom stereocenters. The van der Waals surface area contributed by atoms with Crippen LogP contribution < -0.4 is 10.9 Å². The number of hydrogen-bond acceptors (Lipinski definition) is 6. The van der Waals surface area contributed by atoms with Crippen LogP contribution in [0, 0.1) is 5.82 Å². The minimum atomic E-state index is -0.525. The maximum atomic E-state index is 14.3. The van der Waals surface area contributed by atoms with E-state index in [-0.39, 0.29) is 28.1 Å². The number of thioether (sulfide) groups is 1. The fraction of sp³-hybridized carbons (Fsp3) is 0.278. The first-order valence-corrected chi connectivity index (χ1v) is 10.1. The van der Waals surface area contributed by atoms with Gasteiger partial charge < -0.3 is 10.1 Å². The van der Waals surface area contributed by atoms with E-state index in [0.29, 0.717) is 29.8 Å². The van der Waals surface area contributed by atoms with Crippen LogP contribution in [0.3, 0.4) is 0 Å². The molecule has 0 aliphatic rings. The zero-order chi connectivity index (χ0) is 19.2. The highest BCUT2D eigenvalue weighted by atomic mass is 32.2. The van der Waals surface area contributed by atoms with E-state index in [1.165, 1.54) is 28.0 Å². The van der Waals surface area contributed by atoms with E-state index < -0.39 is 5.82 Å². The van der Waals surface area contributed by atoms with Gasteiger partial charge in [0.1, 0.15) is 10.5 Å². The molecule has 0 saturated carbocycles. The molecule has 6 nitrogen and oxygen atoms in total. The van der Waals surface area contributed by atoms with E-state index in [1.54, 1.807) is 30.7 Å². The van der Waals surface area contributed by atoms with Crippen molar-refractivity contribution < 1.29 is 13.9 Å². The third-order valence-electron chi connectivity index (χ3n) is 3.72. The average molecular weight is 407 g/mol. The second kappa shape index (κ2) is 9.12. The number of nitrogens with zero attached hydrogens (tertiary/aromatic N) is 2. The van der Waals surface area contributed by atoms with Gasteiger partial charge in [-0.25, -0.2) is 9.37 Å². The topological polar surface area (TPSA) is 73.2 Å². The highest BCUT2D eigenvalue weighted by molar-refractivity contribution is 7.99. The zero-order valence-corrected chi connectivity index (χ0v) is 16.2. The number of rotatable bonds is 8. The number of para-hydroxylation sites is 1. The summed E-state index contributed by atoms with van der Waals surface area (Å²) in [5, 5.41) is 4.82. The Morgan fingerprint density at radius 2 is 2.19 bits per heavy atom. The molecule has 2 aromatic heterocycles. The van der Waals surface area contributed by atoms with Gasteiger partial charge in [-0.2, -0.15) is 0 Å². The largest absolute Gasteiger partial charge is 0.385 e. The fourth-order valence-corrected chi connectivity index (χ4v) is 4.05. The number of amides is 1. The molecule has 1 aromatic carbocycles. The lowest BCUT2D eigenvalue weighted by atomic mass is 10.3. The monoisotopic (exact) mass is 407 g/mol. The number of aromatic nitrogens is 2. The summed E-state index contributed by atoms with van der Waals surface area (Å²) in [5.41, 5.74) is 0.317. The molecule has 9 heteroatoms. The SMILES string of the molecule is COCCCNC(=O)CSc1nc2ccsc2c(=O)n1-c1ccccc1F. The van der Waals surface area contributed by atoms with E-state index in [0.717, 1.165) is 11.8 Å². The maximum Gasteiger partial charge on any atom is 0.276 e. The van der Waals surface area contributed by atoms with Gasteiger partial charge in [-0.3, -0.25) is 14.2 Å². The van der Waals surface area contributed by atoms with Gasteiger partial charge in [-0.1, -0.05) is 23.9 Å². The van der Waals surface area contributed by atoms with Gasteiger partial charge in [0.05, 0.1) is 17.0 Å². The number of nitrogens with one attached hydrogen (secondary N) is 1. The van der Waals surface area contributed by atoms with Gasteiger partial charge in [-0.05, 0) is 30.0 Å². The van der Waals surface area contributed by atoms with Crippen LogP contribution in [-0.2, 0) is 9.53 Å². The van der Waals surface area contributed by atoms with Crippen LogP contribution in [0.15, 0.2) is 45.7 Å². The molecule has 1 N–H and O–H groups in total. The molecule has 0 saturated heterocycles. The van der Waals surface area contributed by atoms with Crippen LogP contribution in [0.2, 0.25) is 0 Å². The zero-order valence-electron chi connectivity index (χ0n) is 14.6. The van der Waals surface area contributed by atoms with Gasteiger partial charge >= 0.3 is 0 Å². The van der Waals surface area contributed by atoms with E-state index >= 15 is 0 Å². The Balaban J connectivity index is 1.88. The maximum absolute atomic E-state index is 14.3. The molecular weight excluding hydrogens is 389 g/mol. The summed E-state index contributed by atoms with van der Waals surface area (Å²) < 4.78 is 20.9. The van der Waals surface area contributed by atoms with Gasteiger partial charge in [0.15, 0.2) is 5.16 Å². The molecule has 142 valence electrons. The van der Waals surface area contributed by atoms with Crippen molar-refractivity contribution in [1.82, 2.24) is 14.9 Å². The van der Waals surface area contributed by atoms with Crippen molar-refractivity contribution in [2.45, 2.75) is 11.6 Å². The molecule has 2 heterocycles. The third-order valence-corrected chi connectivity index (χ3v) is 5.55. The number of hydrogen-bond donors (Lipinski definition) is 1. The highest BCUT2D eigenvalue weighted by Crippen LogP contribution is 2.24. The first kappa shape index (κ1) is 19.5. The molecular formula is C18H18FN3O3S2. The summed E-state index contributed by atoms with van der Waals surface area (Å²) in [5.74, 6) is -0.636. The Morgan fingerprint density at radius 1 is 1.37 bits per heavy atom. The van der Waals surface area contributed by atoms with Crippen molar-refractivity contribution in [2.24, 2.45) is 0 Å². The van der Waals surface area contributed by atoms with Crippen molar-refractivity contribution in [3.63, 3.8) is 0 Å². The summed E-state index contributed by atoms with van der Waals surface area (Å²) in [4.78, 5) is 29.4. The summed E-state index contributed by atoms with van der Waals surface area (Å²) >= 11 is 2.36. The molecule has 3 aromatic rings. The number of halogens is 1. The summed E-state index contributed by atoms with van der Waals surface area (Å²) in [6.45, 7) is 1.07. The van der Waals surface area contributed by atoms with Crippen LogP contribution >= 0.6 is 23.1 Å². The number of carbonyl (C=O) groups is 1. The van der Waals surface area contributed by atoms with E-state index in [1.807, 2.05) is 0 Å². The molecule has 3 rings (SSSR count). The quantitative estimate of drug-likeness (QED) is 0.353. The lowest BCUT2D eigenvalue weighted by Crippen LogP contribution is -2.28. The van der Waals surface area contributed by atoms with Crippen molar-refractivity contribution in [2.75, 3.05) is 26.0 Å². The Morgan fingerprint density at radius 3 is 2.96 bits per heavy atom. The number of methoxy groups -OCH3 is 1. The van der Waals surface area contributed by atoms with Gasteiger partial charge in [-0.15, -0.1) is 11.3 Å². The van der Waals surface area contributed by atoms with Crippen molar-refractivity contribution in [3.8, 4) is 5.69 Å². The van der Waals surface area contributed by atoms with Crippen molar-refractivity contribution in [1.29, 1.82) is 0 Å². The van der Waals surface area contributed by atoms with Gasteiger partial charge in [0, 0.05) is 20.3 Å². The molecule has 0 aliphatic carbocycles. The van der Waals surface area contributed by atoms with Crippen molar-refractivity contribution >= 4 is 39.2 Å². The number of thiophene rings is 1. The molecule has 0 aliphatic heterocycles. The third kappa shape index (κ3) is 4.55. The Hall–Kier alpha value is -2.23. The molecule has 0 radical (unpaired) electrons. The second-order valence-electron chi connectivity index (χ2n) is 5.61. The predicted molar refractivity (Wildman–Crippen MR) is 105 cm³/mol. The van der Waals surface area contributed by atoms with Crippen LogP contribution in [0.5, 0.6) is 0 Å². The lowest BCUT2D eigenvalue weighted by molar-refractivity contribution is -0.118.